The molecule has 1 aliphatic rings. The van der Waals surface area contributed by atoms with Crippen molar-refractivity contribution in [2.75, 3.05) is 25.1 Å². The molecule has 0 aliphatic carbocycles. The van der Waals surface area contributed by atoms with Crippen molar-refractivity contribution in [1.82, 2.24) is 10.2 Å². The van der Waals surface area contributed by atoms with E-state index in [1.54, 1.807) is 13.4 Å². The van der Waals surface area contributed by atoms with Gasteiger partial charge < -0.3 is 14.1 Å². The molecule has 1 fully saturated rings. The summed E-state index contributed by atoms with van der Waals surface area (Å²) in [5.74, 6) is 2.69. The van der Waals surface area contributed by atoms with Crippen LogP contribution in [0.2, 0.25) is 0 Å². The normalized spacial score (nSPS) is 14.6. The zero-order chi connectivity index (χ0) is 15.6. The van der Waals surface area contributed by atoms with Crippen LogP contribution in [0.25, 0.3) is 10.8 Å². The van der Waals surface area contributed by atoms with Gasteiger partial charge in [-0.1, -0.05) is 0 Å². The van der Waals surface area contributed by atoms with Crippen LogP contribution in [0.5, 0.6) is 5.75 Å². The number of aromatic nitrogens is 2. The number of methoxy groups -OCH3 is 1. The van der Waals surface area contributed by atoms with E-state index in [0.29, 0.717) is 6.42 Å². The highest BCUT2D eigenvalue weighted by atomic mass is 16.5. The van der Waals surface area contributed by atoms with E-state index >= 15 is 0 Å². The number of rotatable bonds is 4. The van der Waals surface area contributed by atoms with Gasteiger partial charge in [0.15, 0.2) is 5.82 Å². The van der Waals surface area contributed by atoms with E-state index < -0.39 is 0 Å². The fourth-order valence-electron chi connectivity index (χ4n) is 3.17. The van der Waals surface area contributed by atoms with Gasteiger partial charge >= 0.3 is 0 Å². The molecule has 23 heavy (non-hydrogen) atoms. The second-order valence-electron chi connectivity index (χ2n) is 5.83. The molecule has 0 atom stereocenters. The zero-order valence-electron chi connectivity index (χ0n) is 13.2. The summed E-state index contributed by atoms with van der Waals surface area (Å²) < 4.78 is 10.9. The molecule has 0 bridgehead atoms. The maximum absolute atomic E-state index is 5.46. The number of fused-ring (bicyclic) bond motifs is 1. The minimum Gasteiger partial charge on any atom is -0.497 e. The highest BCUT2D eigenvalue weighted by Gasteiger charge is 2.19. The summed E-state index contributed by atoms with van der Waals surface area (Å²) in [6, 6.07) is 9.96. The molecule has 5 nitrogen and oxygen atoms in total. The van der Waals surface area contributed by atoms with Crippen LogP contribution in [-0.2, 0) is 6.42 Å². The predicted molar refractivity (Wildman–Crippen MR) is 89.1 cm³/mol. The molecular formula is C18H19N3O2. The largest absolute Gasteiger partial charge is 0.497 e. The molecule has 0 radical (unpaired) electrons. The Bertz CT molecular complexity index is 808. The van der Waals surface area contributed by atoms with Gasteiger partial charge in [-0.25, -0.2) is 0 Å². The fraction of sp³-hybridized carbons (Fsp3) is 0.333. The van der Waals surface area contributed by atoms with Gasteiger partial charge in [0.1, 0.15) is 11.5 Å². The Morgan fingerprint density at radius 1 is 1.13 bits per heavy atom. The van der Waals surface area contributed by atoms with Crippen LogP contribution >= 0.6 is 0 Å². The Morgan fingerprint density at radius 2 is 2.00 bits per heavy atom. The minimum atomic E-state index is 0.642. The van der Waals surface area contributed by atoms with Crippen LogP contribution < -0.4 is 9.64 Å². The van der Waals surface area contributed by atoms with Crippen LogP contribution in [-0.4, -0.2) is 30.4 Å². The van der Waals surface area contributed by atoms with Crippen molar-refractivity contribution in [3.8, 4) is 5.75 Å². The van der Waals surface area contributed by atoms with Crippen molar-refractivity contribution in [2.24, 2.45) is 0 Å². The summed E-state index contributed by atoms with van der Waals surface area (Å²) in [7, 11) is 1.69. The molecule has 0 spiro atoms. The lowest BCUT2D eigenvalue weighted by molar-refractivity contribution is 0.415. The van der Waals surface area contributed by atoms with E-state index in [1.165, 1.54) is 12.8 Å². The third kappa shape index (κ3) is 2.63. The molecule has 0 amide bonds. The monoisotopic (exact) mass is 309 g/mol. The Balaban J connectivity index is 1.84. The summed E-state index contributed by atoms with van der Waals surface area (Å²) >= 11 is 0. The Morgan fingerprint density at radius 3 is 2.74 bits per heavy atom. The van der Waals surface area contributed by atoms with Crippen LogP contribution in [0.3, 0.4) is 0 Å². The van der Waals surface area contributed by atoms with Crippen molar-refractivity contribution in [1.29, 1.82) is 0 Å². The zero-order valence-corrected chi connectivity index (χ0v) is 13.2. The molecule has 0 saturated carbocycles. The average molecular weight is 309 g/mol. The van der Waals surface area contributed by atoms with Crippen molar-refractivity contribution in [2.45, 2.75) is 19.3 Å². The number of hydrogen-bond acceptors (Lipinski definition) is 5. The number of anilines is 1. The SMILES string of the molecule is COc1ccc2c(Cc3ccco3)nnc(N3CCCC3)c2c1. The Labute approximate surface area is 134 Å². The van der Waals surface area contributed by atoms with Crippen molar-refractivity contribution < 1.29 is 9.15 Å². The molecule has 1 saturated heterocycles. The number of benzene rings is 1. The maximum Gasteiger partial charge on any atom is 0.159 e. The highest BCUT2D eigenvalue weighted by molar-refractivity contribution is 5.94. The van der Waals surface area contributed by atoms with Crippen molar-refractivity contribution in [3.05, 3.63) is 48.0 Å². The van der Waals surface area contributed by atoms with E-state index in [1.807, 2.05) is 18.2 Å². The topological polar surface area (TPSA) is 51.4 Å². The smallest absolute Gasteiger partial charge is 0.159 e. The molecule has 0 unspecified atom stereocenters. The third-order valence-corrected chi connectivity index (χ3v) is 4.37. The minimum absolute atomic E-state index is 0.642. The van der Waals surface area contributed by atoms with Crippen molar-refractivity contribution in [3.63, 3.8) is 0 Å². The van der Waals surface area contributed by atoms with Gasteiger partial charge in [-0.2, -0.15) is 5.10 Å². The molecule has 118 valence electrons. The molecule has 2 aromatic heterocycles. The van der Waals surface area contributed by atoms with Gasteiger partial charge in [0, 0.05) is 23.9 Å². The van der Waals surface area contributed by atoms with Crippen LogP contribution in [0.15, 0.2) is 41.0 Å². The second kappa shape index (κ2) is 5.91. The number of hydrogen-bond donors (Lipinski definition) is 0. The molecular weight excluding hydrogens is 290 g/mol. The molecule has 0 N–H and O–H groups in total. The van der Waals surface area contributed by atoms with E-state index in [2.05, 4.69) is 27.2 Å². The van der Waals surface area contributed by atoms with Gasteiger partial charge in [0.05, 0.1) is 25.5 Å². The van der Waals surface area contributed by atoms with Crippen LogP contribution in [0, 0.1) is 0 Å². The first kappa shape index (κ1) is 14.1. The highest BCUT2D eigenvalue weighted by Crippen LogP contribution is 2.32. The average Bonchev–Trinajstić information content (AvgIpc) is 3.28. The van der Waals surface area contributed by atoms with Gasteiger partial charge in [0.2, 0.25) is 0 Å². The van der Waals surface area contributed by atoms with Gasteiger partial charge in [-0.05, 0) is 43.2 Å². The molecule has 3 heterocycles. The summed E-state index contributed by atoms with van der Waals surface area (Å²) in [6.45, 7) is 2.08. The molecule has 3 aromatic rings. The predicted octanol–water partition coefficient (Wildman–Crippen LogP) is 3.42. The third-order valence-electron chi connectivity index (χ3n) is 4.37. The van der Waals surface area contributed by atoms with Gasteiger partial charge in [0.25, 0.3) is 0 Å². The Kier molecular flexibility index (Phi) is 3.61. The summed E-state index contributed by atoms with van der Waals surface area (Å²) in [6.07, 6.45) is 4.75. The van der Waals surface area contributed by atoms with Crippen LogP contribution in [0.4, 0.5) is 5.82 Å². The van der Waals surface area contributed by atoms with E-state index in [9.17, 15) is 0 Å². The second-order valence-corrected chi connectivity index (χ2v) is 5.83. The molecule has 1 aromatic carbocycles. The summed E-state index contributed by atoms with van der Waals surface area (Å²) in [5, 5.41) is 11.2. The van der Waals surface area contributed by atoms with Gasteiger partial charge in [-0.3, -0.25) is 0 Å². The van der Waals surface area contributed by atoms with E-state index in [0.717, 1.165) is 46.9 Å². The first-order valence-corrected chi connectivity index (χ1v) is 7.96. The summed E-state index contributed by atoms with van der Waals surface area (Å²) in [5.41, 5.74) is 0.931. The van der Waals surface area contributed by atoms with Gasteiger partial charge in [-0.15, -0.1) is 5.10 Å². The molecule has 4 rings (SSSR count). The Hall–Kier alpha value is -2.56. The number of nitrogens with zero attached hydrogens (tertiary/aromatic N) is 3. The molecule has 1 aliphatic heterocycles. The standard InChI is InChI=1S/C18H19N3O2/c1-22-13-6-7-15-16(11-13)18(21-8-2-3-9-21)20-19-17(15)12-14-5-4-10-23-14/h4-7,10-11H,2-3,8-9,12H2,1H3. The lowest BCUT2D eigenvalue weighted by Crippen LogP contribution is -2.20. The quantitative estimate of drug-likeness (QED) is 0.739. The molecule has 5 heteroatoms. The fourth-order valence-corrected chi connectivity index (χ4v) is 3.17. The lowest BCUT2D eigenvalue weighted by atomic mass is 10.1. The van der Waals surface area contributed by atoms with E-state index in [-0.39, 0.29) is 0 Å². The van der Waals surface area contributed by atoms with E-state index in [4.69, 9.17) is 9.15 Å². The number of furan rings is 1. The van der Waals surface area contributed by atoms with Crippen molar-refractivity contribution >= 4 is 16.6 Å². The summed E-state index contributed by atoms with van der Waals surface area (Å²) in [4.78, 5) is 2.31. The maximum atomic E-state index is 5.46. The lowest BCUT2D eigenvalue weighted by Gasteiger charge is -2.19. The first-order chi connectivity index (χ1) is 11.3. The number of ether oxygens (including phenoxy) is 1. The first-order valence-electron chi connectivity index (χ1n) is 7.96. The van der Waals surface area contributed by atoms with Crippen LogP contribution in [0.1, 0.15) is 24.3 Å².